The summed E-state index contributed by atoms with van der Waals surface area (Å²) >= 11 is 0. The maximum Gasteiger partial charge on any atom is 0.326 e. The van der Waals surface area contributed by atoms with Gasteiger partial charge in [-0.15, -0.1) is 0 Å². The van der Waals surface area contributed by atoms with Crippen LogP contribution in [0.25, 0.3) is 0 Å². The molecule has 1 atom stereocenters. The van der Waals surface area contributed by atoms with Gasteiger partial charge in [0.25, 0.3) is 0 Å². The number of hydrogen-bond acceptors (Lipinski definition) is 3. The first kappa shape index (κ1) is 15.5. The molecular formula is C13H21NO5. The molecule has 1 saturated carbocycles. The zero-order valence-electron chi connectivity index (χ0n) is 10.9. The topological polar surface area (TPSA) is 104 Å². The largest absolute Gasteiger partial charge is 0.481 e. The average Bonchev–Trinajstić information content (AvgIpc) is 2.35. The fourth-order valence-corrected chi connectivity index (χ4v) is 2.43. The van der Waals surface area contributed by atoms with E-state index in [1.807, 2.05) is 0 Å². The Morgan fingerprint density at radius 2 is 1.74 bits per heavy atom. The molecule has 1 aliphatic carbocycles. The second kappa shape index (κ2) is 7.76. The van der Waals surface area contributed by atoms with E-state index in [1.165, 1.54) is 6.42 Å². The van der Waals surface area contributed by atoms with Crippen molar-refractivity contribution in [2.24, 2.45) is 5.92 Å². The Hall–Kier alpha value is -1.59. The van der Waals surface area contributed by atoms with Crippen molar-refractivity contribution >= 4 is 17.8 Å². The van der Waals surface area contributed by atoms with Gasteiger partial charge in [-0.2, -0.15) is 0 Å². The van der Waals surface area contributed by atoms with Gasteiger partial charge in [0.15, 0.2) is 0 Å². The van der Waals surface area contributed by atoms with Crippen LogP contribution in [0.4, 0.5) is 0 Å². The second-order valence-electron chi connectivity index (χ2n) is 5.10. The van der Waals surface area contributed by atoms with Crippen LogP contribution in [0.15, 0.2) is 0 Å². The minimum atomic E-state index is -1.18. The molecule has 0 aromatic carbocycles. The number of carboxylic acids is 2. The molecule has 6 nitrogen and oxygen atoms in total. The third kappa shape index (κ3) is 6.22. The number of carboxylic acid groups (broad SMARTS) is 2. The highest BCUT2D eigenvalue weighted by Crippen LogP contribution is 2.26. The number of carbonyl (C=O) groups is 3. The summed E-state index contributed by atoms with van der Waals surface area (Å²) in [5.74, 6) is -2.20. The highest BCUT2D eigenvalue weighted by molar-refractivity contribution is 5.84. The van der Waals surface area contributed by atoms with Gasteiger partial charge in [-0.3, -0.25) is 9.59 Å². The molecule has 0 heterocycles. The summed E-state index contributed by atoms with van der Waals surface area (Å²) < 4.78 is 0. The SMILES string of the molecule is O=C(O)CC[C@H](NC(=O)CC1CCCCC1)C(=O)O. The quantitative estimate of drug-likeness (QED) is 0.649. The van der Waals surface area contributed by atoms with Crippen molar-refractivity contribution < 1.29 is 24.6 Å². The van der Waals surface area contributed by atoms with E-state index in [4.69, 9.17) is 10.2 Å². The summed E-state index contributed by atoms with van der Waals surface area (Å²) in [7, 11) is 0. The van der Waals surface area contributed by atoms with Crippen molar-refractivity contribution in [3.05, 3.63) is 0 Å². The molecule has 6 heteroatoms. The van der Waals surface area contributed by atoms with Gasteiger partial charge in [0, 0.05) is 12.8 Å². The number of aliphatic carboxylic acids is 2. The monoisotopic (exact) mass is 271 g/mol. The van der Waals surface area contributed by atoms with E-state index in [1.54, 1.807) is 0 Å². The molecule has 1 fully saturated rings. The highest BCUT2D eigenvalue weighted by atomic mass is 16.4. The van der Waals surface area contributed by atoms with Crippen LogP contribution < -0.4 is 5.32 Å². The minimum absolute atomic E-state index is 0.0823. The Kier molecular flexibility index (Phi) is 6.32. The Bertz CT molecular complexity index is 336. The van der Waals surface area contributed by atoms with Gasteiger partial charge in [0.05, 0.1) is 0 Å². The lowest BCUT2D eigenvalue weighted by Crippen LogP contribution is -2.41. The Balaban J connectivity index is 2.37. The normalized spacial score (nSPS) is 17.7. The zero-order valence-corrected chi connectivity index (χ0v) is 10.9. The van der Waals surface area contributed by atoms with Crippen LogP contribution in [-0.4, -0.2) is 34.1 Å². The van der Waals surface area contributed by atoms with Crippen molar-refractivity contribution in [1.82, 2.24) is 5.32 Å². The van der Waals surface area contributed by atoms with Crippen molar-refractivity contribution in [3.8, 4) is 0 Å². The molecule has 3 N–H and O–H groups in total. The van der Waals surface area contributed by atoms with Gasteiger partial charge in [-0.25, -0.2) is 4.79 Å². The van der Waals surface area contributed by atoms with E-state index in [0.29, 0.717) is 12.3 Å². The van der Waals surface area contributed by atoms with Crippen molar-refractivity contribution in [2.75, 3.05) is 0 Å². The van der Waals surface area contributed by atoms with E-state index >= 15 is 0 Å². The van der Waals surface area contributed by atoms with Gasteiger partial charge >= 0.3 is 11.9 Å². The molecule has 0 aromatic heterocycles. The van der Waals surface area contributed by atoms with Crippen LogP contribution in [0.2, 0.25) is 0 Å². The second-order valence-corrected chi connectivity index (χ2v) is 5.10. The summed E-state index contributed by atoms with van der Waals surface area (Å²) in [5.41, 5.74) is 0. The first-order valence-corrected chi connectivity index (χ1v) is 6.73. The number of hydrogen-bond donors (Lipinski definition) is 3. The van der Waals surface area contributed by atoms with Gasteiger partial charge in [0.1, 0.15) is 6.04 Å². The van der Waals surface area contributed by atoms with Gasteiger partial charge in [-0.05, 0) is 25.2 Å². The lowest BCUT2D eigenvalue weighted by Gasteiger charge is -2.22. The molecule has 19 heavy (non-hydrogen) atoms. The average molecular weight is 271 g/mol. The summed E-state index contributed by atoms with van der Waals surface area (Å²) in [6.45, 7) is 0. The van der Waals surface area contributed by atoms with Crippen LogP contribution in [0.5, 0.6) is 0 Å². The van der Waals surface area contributed by atoms with Crippen LogP contribution in [0, 0.1) is 5.92 Å². The molecule has 0 spiro atoms. The number of carbonyl (C=O) groups excluding carboxylic acids is 1. The molecule has 1 aliphatic rings. The van der Waals surface area contributed by atoms with Crippen molar-refractivity contribution in [2.45, 2.75) is 57.4 Å². The van der Waals surface area contributed by atoms with E-state index < -0.39 is 18.0 Å². The van der Waals surface area contributed by atoms with Crippen LogP contribution in [0.1, 0.15) is 51.4 Å². The van der Waals surface area contributed by atoms with E-state index in [-0.39, 0.29) is 18.7 Å². The number of amides is 1. The molecule has 0 bridgehead atoms. The molecule has 0 unspecified atom stereocenters. The summed E-state index contributed by atoms with van der Waals surface area (Å²) in [6, 6.07) is -1.10. The van der Waals surface area contributed by atoms with Crippen LogP contribution in [0.3, 0.4) is 0 Å². The highest BCUT2D eigenvalue weighted by Gasteiger charge is 2.23. The van der Waals surface area contributed by atoms with Crippen LogP contribution in [-0.2, 0) is 14.4 Å². The summed E-state index contributed by atoms with van der Waals surface area (Å²) in [5, 5.41) is 19.9. The van der Waals surface area contributed by atoms with Gasteiger partial charge in [0.2, 0.25) is 5.91 Å². The predicted octanol–water partition coefficient (Wildman–Crippen LogP) is 1.39. The lowest BCUT2D eigenvalue weighted by molar-refractivity contribution is -0.143. The number of nitrogens with one attached hydrogen (secondary N) is 1. The fourth-order valence-electron chi connectivity index (χ4n) is 2.43. The smallest absolute Gasteiger partial charge is 0.326 e. The molecule has 0 aromatic rings. The lowest BCUT2D eigenvalue weighted by atomic mass is 9.87. The van der Waals surface area contributed by atoms with Gasteiger partial charge < -0.3 is 15.5 Å². The summed E-state index contributed by atoms with van der Waals surface area (Å²) in [4.78, 5) is 33.1. The van der Waals surface area contributed by atoms with Crippen molar-refractivity contribution in [3.63, 3.8) is 0 Å². The third-order valence-electron chi connectivity index (χ3n) is 3.48. The first-order chi connectivity index (χ1) is 8.99. The Morgan fingerprint density at radius 1 is 1.11 bits per heavy atom. The molecule has 0 saturated heterocycles. The maximum atomic E-state index is 11.7. The third-order valence-corrected chi connectivity index (χ3v) is 3.48. The molecule has 0 radical (unpaired) electrons. The Labute approximate surface area is 112 Å². The van der Waals surface area contributed by atoms with E-state index in [2.05, 4.69) is 5.32 Å². The molecule has 0 aliphatic heterocycles. The standard InChI is InChI=1S/C13H21NO5/c15-11(8-9-4-2-1-3-5-9)14-10(13(18)19)6-7-12(16)17/h9-10H,1-8H2,(H,14,15)(H,16,17)(H,18,19)/t10-/m0/s1. The van der Waals surface area contributed by atoms with Crippen LogP contribution >= 0.6 is 0 Å². The molecular weight excluding hydrogens is 250 g/mol. The van der Waals surface area contributed by atoms with E-state index in [0.717, 1.165) is 25.7 Å². The zero-order chi connectivity index (χ0) is 14.3. The van der Waals surface area contributed by atoms with Crippen molar-refractivity contribution in [1.29, 1.82) is 0 Å². The molecule has 108 valence electrons. The maximum absolute atomic E-state index is 11.7. The molecule has 1 rings (SSSR count). The van der Waals surface area contributed by atoms with E-state index in [9.17, 15) is 14.4 Å². The fraction of sp³-hybridized carbons (Fsp3) is 0.769. The first-order valence-electron chi connectivity index (χ1n) is 6.73. The molecule has 1 amide bonds. The number of rotatable bonds is 7. The Morgan fingerprint density at radius 3 is 2.26 bits per heavy atom. The minimum Gasteiger partial charge on any atom is -0.481 e. The summed E-state index contributed by atoms with van der Waals surface area (Å²) in [6.07, 6.45) is 5.48. The van der Waals surface area contributed by atoms with Gasteiger partial charge in [-0.1, -0.05) is 19.3 Å². The predicted molar refractivity (Wildman–Crippen MR) is 67.6 cm³/mol.